The Morgan fingerprint density at radius 3 is 1.88 bits per heavy atom. The second kappa shape index (κ2) is 15.5. The predicted molar refractivity (Wildman–Crippen MR) is 162 cm³/mol. The van der Waals surface area contributed by atoms with E-state index in [4.69, 9.17) is 9.47 Å². The number of ether oxygens (including phenoxy) is 2. The molecule has 1 heterocycles. The van der Waals surface area contributed by atoms with Crippen LogP contribution in [0.25, 0.3) is 11.1 Å². The Bertz CT molecular complexity index is 1290. The van der Waals surface area contributed by atoms with Crippen LogP contribution < -0.4 is 18.9 Å². The molecule has 0 bridgehead atoms. The molecule has 5 heteroatoms. The highest BCUT2D eigenvalue weighted by atomic mass is 16.5. The van der Waals surface area contributed by atoms with Gasteiger partial charge in [-0.05, 0) is 60.4 Å². The number of nitrogens with zero attached hydrogens (tertiary/aromatic N) is 2. The molecule has 4 rings (SSSR count). The van der Waals surface area contributed by atoms with E-state index in [-0.39, 0.29) is 5.97 Å². The van der Waals surface area contributed by atoms with Gasteiger partial charge >= 0.3 is 5.97 Å². The second-order valence-electron chi connectivity index (χ2n) is 10.3. The van der Waals surface area contributed by atoms with Gasteiger partial charge in [-0.1, -0.05) is 68.1 Å². The predicted octanol–water partition coefficient (Wildman–Crippen LogP) is 7.74. The number of pyridine rings is 1. The third-order valence-corrected chi connectivity index (χ3v) is 6.98. The van der Waals surface area contributed by atoms with Crippen LogP contribution in [-0.2, 0) is 6.54 Å². The quantitative estimate of drug-likeness (QED) is 0.0673. The molecule has 0 amide bonds. The maximum atomic E-state index is 12.5. The van der Waals surface area contributed by atoms with Crippen molar-refractivity contribution >= 4 is 11.7 Å². The minimum atomic E-state index is -0.375. The number of anilines is 1. The number of esters is 1. The van der Waals surface area contributed by atoms with Crippen LogP contribution in [0.2, 0.25) is 0 Å². The highest BCUT2D eigenvalue weighted by Gasteiger charge is 2.09. The number of hydrogen-bond acceptors (Lipinski definition) is 4. The van der Waals surface area contributed by atoms with Gasteiger partial charge in [0, 0.05) is 38.3 Å². The lowest BCUT2D eigenvalue weighted by Gasteiger charge is -2.10. The summed E-state index contributed by atoms with van der Waals surface area (Å²) in [6.45, 7) is 1.77. The molecule has 0 aliphatic heterocycles. The van der Waals surface area contributed by atoms with Crippen molar-refractivity contribution in [3.05, 3.63) is 109 Å². The Morgan fingerprint density at radius 1 is 0.650 bits per heavy atom. The largest absolute Gasteiger partial charge is 0.494 e. The molecule has 0 unspecified atom stereocenters. The summed E-state index contributed by atoms with van der Waals surface area (Å²) in [6.07, 6.45) is 12.8. The lowest BCUT2D eigenvalue weighted by molar-refractivity contribution is -0.697. The zero-order valence-corrected chi connectivity index (χ0v) is 23.8. The molecule has 0 N–H and O–H groups in total. The van der Waals surface area contributed by atoms with E-state index in [2.05, 4.69) is 60.2 Å². The average Bonchev–Trinajstić information content (AvgIpc) is 2.99. The van der Waals surface area contributed by atoms with Crippen LogP contribution in [0, 0.1) is 0 Å². The summed E-state index contributed by atoms with van der Waals surface area (Å²) in [6, 6.07) is 29.2. The Hall–Kier alpha value is -4.12. The first kappa shape index (κ1) is 28.9. The normalized spacial score (nSPS) is 10.8. The molecule has 0 atom stereocenters. The average molecular weight is 538 g/mol. The molecule has 1 aromatic heterocycles. The summed E-state index contributed by atoms with van der Waals surface area (Å²) in [5, 5.41) is 0. The number of aryl methyl sites for hydroxylation is 1. The minimum Gasteiger partial charge on any atom is -0.494 e. The van der Waals surface area contributed by atoms with Crippen LogP contribution in [0.1, 0.15) is 55.3 Å². The van der Waals surface area contributed by atoms with Crippen molar-refractivity contribution in [1.29, 1.82) is 0 Å². The number of unbranched alkanes of at least 4 members (excludes halogenated alkanes) is 6. The Labute approximate surface area is 239 Å². The topological polar surface area (TPSA) is 42.7 Å². The van der Waals surface area contributed by atoms with E-state index in [9.17, 15) is 4.79 Å². The molecular weight excluding hydrogens is 496 g/mol. The SMILES string of the molecule is CN(C)c1cc[n+](CCCCCCCCCOc2ccc(C(=O)Oc3ccc(-c4ccccc4)cc3)cc2)cc1. The molecule has 0 saturated carbocycles. The van der Waals surface area contributed by atoms with E-state index in [1.807, 2.05) is 54.6 Å². The minimum absolute atomic E-state index is 0.375. The monoisotopic (exact) mass is 537 g/mol. The van der Waals surface area contributed by atoms with Gasteiger partial charge < -0.3 is 14.4 Å². The van der Waals surface area contributed by atoms with Gasteiger partial charge in [-0.2, -0.15) is 0 Å². The number of carbonyl (C=O) groups is 1. The van der Waals surface area contributed by atoms with Crippen molar-refractivity contribution in [1.82, 2.24) is 0 Å². The summed E-state index contributed by atoms with van der Waals surface area (Å²) < 4.78 is 13.7. The van der Waals surface area contributed by atoms with Crippen molar-refractivity contribution in [3.8, 4) is 22.6 Å². The van der Waals surface area contributed by atoms with E-state index < -0.39 is 0 Å². The standard InChI is InChI=1S/C35H41N2O3/c1-36(2)32-23-26-37(27-24-32)25-11-6-4-3-5-7-12-28-39-33-19-17-31(18-20-33)35(38)40-34-21-15-30(16-22-34)29-13-9-8-10-14-29/h8-10,13-24,26-27H,3-7,11-12,25,28H2,1-2H3/q+1. The summed E-state index contributed by atoms with van der Waals surface area (Å²) in [7, 11) is 4.13. The highest BCUT2D eigenvalue weighted by Crippen LogP contribution is 2.23. The number of hydrogen-bond donors (Lipinski definition) is 0. The van der Waals surface area contributed by atoms with Crippen LogP contribution in [0.3, 0.4) is 0 Å². The highest BCUT2D eigenvalue weighted by molar-refractivity contribution is 5.91. The lowest BCUT2D eigenvalue weighted by atomic mass is 10.1. The van der Waals surface area contributed by atoms with Crippen LogP contribution in [0.4, 0.5) is 5.69 Å². The molecule has 3 aromatic carbocycles. The maximum absolute atomic E-state index is 12.5. The summed E-state index contributed by atoms with van der Waals surface area (Å²) in [5.41, 5.74) is 3.95. The first-order valence-electron chi connectivity index (χ1n) is 14.4. The lowest BCUT2D eigenvalue weighted by Crippen LogP contribution is -2.32. The van der Waals surface area contributed by atoms with E-state index >= 15 is 0 Å². The molecule has 0 radical (unpaired) electrons. The van der Waals surface area contributed by atoms with E-state index in [1.54, 1.807) is 12.1 Å². The number of carbonyl (C=O) groups excluding carboxylic acids is 1. The molecular formula is C35H41N2O3+. The zero-order valence-electron chi connectivity index (χ0n) is 23.8. The van der Waals surface area contributed by atoms with Gasteiger partial charge in [0.2, 0.25) is 0 Å². The summed E-state index contributed by atoms with van der Waals surface area (Å²) >= 11 is 0. The van der Waals surface area contributed by atoms with Gasteiger partial charge in [-0.3, -0.25) is 0 Å². The van der Waals surface area contributed by atoms with Crippen molar-refractivity contribution in [2.45, 2.75) is 51.5 Å². The third-order valence-electron chi connectivity index (χ3n) is 6.98. The molecule has 0 fully saturated rings. The fourth-order valence-corrected chi connectivity index (χ4v) is 4.57. The smallest absolute Gasteiger partial charge is 0.343 e. The molecule has 208 valence electrons. The van der Waals surface area contributed by atoms with Gasteiger partial charge in [0.25, 0.3) is 0 Å². The molecule has 0 aliphatic rings. The van der Waals surface area contributed by atoms with E-state index in [0.717, 1.165) is 29.8 Å². The summed E-state index contributed by atoms with van der Waals surface area (Å²) in [4.78, 5) is 14.7. The summed E-state index contributed by atoms with van der Waals surface area (Å²) in [5.74, 6) is 0.929. The Kier molecular flexibility index (Phi) is 11.2. The van der Waals surface area contributed by atoms with Crippen molar-refractivity contribution in [2.75, 3.05) is 25.6 Å². The van der Waals surface area contributed by atoms with Gasteiger partial charge in [-0.15, -0.1) is 0 Å². The fraction of sp³-hybridized carbons (Fsp3) is 0.314. The Balaban J connectivity index is 1.05. The van der Waals surface area contributed by atoms with Crippen molar-refractivity contribution in [2.24, 2.45) is 0 Å². The molecule has 4 aromatic rings. The molecule has 0 spiro atoms. The maximum Gasteiger partial charge on any atom is 0.343 e. The van der Waals surface area contributed by atoms with Crippen LogP contribution >= 0.6 is 0 Å². The van der Waals surface area contributed by atoms with Gasteiger partial charge in [0.1, 0.15) is 18.0 Å². The third kappa shape index (κ3) is 9.26. The van der Waals surface area contributed by atoms with Gasteiger partial charge in [0.05, 0.1) is 12.2 Å². The van der Waals surface area contributed by atoms with E-state index in [1.165, 1.54) is 44.2 Å². The zero-order chi connectivity index (χ0) is 28.0. The van der Waals surface area contributed by atoms with E-state index in [0.29, 0.717) is 17.9 Å². The fourth-order valence-electron chi connectivity index (χ4n) is 4.57. The molecule has 0 saturated heterocycles. The van der Waals surface area contributed by atoms with Gasteiger partial charge in [-0.25, -0.2) is 9.36 Å². The van der Waals surface area contributed by atoms with Gasteiger partial charge in [0.15, 0.2) is 12.4 Å². The van der Waals surface area contributed by atoms with Crippen LogP contribution in [-0.4, -0.2) is 26.7 Å². The first-order chi connectivity index (χ1) is 19.6. The first-order valence-corrected chi connectivity index (χ1v) is 14.4. The molecule has 40 heavy (non-hydrogen) atoms. The van der Waals surface area contributed by atoms with Crippen molar-refractivity contribution in [3.63, 3.8) is 0 Å². The molecule has 5 nitrogen and oxygen atoms in total. The van der Waals surface area contributed by atoms with Crippen LogP contribution in [0.15, 0.2) is 103 Å². The molecule has 0 aliphatic carbocycles. The Morgan fingerprint density at radius 2 is 1.23 bits per heavy atom. The van der Waals surface area contributed by atoms with Crippen molar-refractivity contribution < 1.29 is 18.8 Å². The second-order valence-corrected chi connectivity index (χ2v) is 10.3. The number of rotatable bonds is 15. The number of benzene rings is 3. The van der Waals surface area contributed by atoms with Crippen LogP contribution in [0.5, 0.6) is 11.5 Å². The number of aromatic nitrogens is 1.